The SMILES string of the molecule is O=c1oc(-c2ccc(F)cc2)nn1C[C@@H]1CCCCO1. The Kier molecular flexibility index (Phi) is 3.64. The van der Waals surface area contributed by atoms with Crippen LogP contribution in [-0.2, 0) is 11.3 Å². The van der Waals surface area contributed by atoms with Crippen molar-refractivity contribution in [2.24, 2.45) is 0 Å². The van der Waals surface area contributed by atoms with E-state index >= 15 is 0 Å². The molecule has 0 unspecified atom stereocenters. The minimum atomic E-state index is -0.515. The molecule has 2 aromatic rings. The first kappa shape index (κ1) is 13.1. The molecular weight excluding hydrogens is 263 g/mol. The fraction of sp³-hybridized carbons (Fsp3) is 0.429. The van der Waals surface area contributed by atoms with E-state index in [2.05, 4.69) is 5.10 Å². The van der Waals surface area contributed by atoms with Crippen molar-refractivity contribution < 1.29 is 13.5 Å². The second-order valence-electron chi connectivity index (χ2n) is 4.85. The number of aromatic nitrogens is 2. The first-order chi connectivity index (χ1) is 9.72. The summed E-state index contributed by atoms with van der Waals surface area (Å²) >= 11 is 0. The largest absolute Gasteiger partial charge is 0.437 e. The van der Waals surface area contributed by atoms with E-state index < -0.39 is 5.76 Å². The van der Waals surface area contributed by atoms with Crippen LogP contribution in [0.1, 0.15) is 19.3 Å². The first-order valence-electron chi connectivity index (χ1n) is 6.68. The summed E-state index contributed by atoms with van der Waals surface area (Å²) in [6, 6.07) is 5.67. The summed E-state index contributed by atoms with van der Waals surface area (Å²) < 4.78 is 24.8. The molecule has 0 bridgehead atoms. The summed E-state index contributed by atoms with van der Waals surface area (Å²) in [5.41, 5.74) is 0.576. The fourth-order valence-corrected chi connectivity index (χ4v) is 2.28. The summed E-state index contributed by atoms with van der Waals surface area (Å²) in [4.78, 5) is 11.8. The van der Waals surface area contributed by atoms with Gasteiger partial charge in [-0.1, -0.05) is 0 Å². The maximum absolute atomic E-state index is 12.9. The number of halogens is 1. The predicted molar refractivity (Wildman–Crippen MR) is 69.7 cm³/mol. The molecule has 0 N–H and O–H groups in total. The smallest absolute Gasteiger partial charge is 0.388 e. The van der Waals surface area contributed by atoms with Gasteiger partial charge in [0, 0.05) is 12.2 Å². The lowest BCUT2D eigenvalue weighted by atomic mass is 10.1. The molecule has 1 aliphatic rings. The van der Waals surface area contributed by atoms with E-state index in [4.69, 9.17) is 9.15 Å². The molecular formula is C14H15FN2O3. The highest BCUT2D eigenvalue weighted by molar-refractivity contribution is 5.51. The van der Waals surface area contributed by atoms with Crippen LogP contribution in [0.2, 0.25) is 0 Å². The zero-order chi connectivity index (χ0) is 13.9. The summed E-state index contributed by atoms with van der Waals surface area (Å²) in [5, 5.41) is 4.14. The number of rotatable bonds is 3. The van der Waals surface area contributed by atoms with Crippen molar-refractivity contribution >= 4 is 0 Å². The zero-order valence-electron chi connectivity index (χ0n) is 10.9. The van der Waals surface area contributed by atoms with Crippen molar-refractivity contribution in [3.05, 3.63) is 40.6 Å². The van der Waals surface area contributed by atoms with Crippen molar-refractivity contribution in [1.29, 1.82) is 0 Å². The molecule has 0 amide bonds. The molecule has 3 rings (SSSR count). The van der Waals surface area contributed by atoms with Gasteiger partial charge in [0.15, 0.2) is 0 Å². The van der Waals surface area contributed by atoms with Crippen LogP contribution in [0.5, 0.6) is 0 Å². The highest BCUT2D eigenvalue weighted by atomic mass is 19.1. The molecule has 0 saturated carbocycles. The molecule has 1 aromatic carbocycles. The minimum absolute atomic E-state index is 0.00705. The Balaban J connectivity index is 1.79. The fourth-order valence-electron chi connectivity index (χ4n) is 2.28. The van der Waals surface area contributed by atoms with Gasteiger partial charge in [0.1, 0.15) is 5.82 Å². The molecule has 1 fully saturated rings. The molecule has 1 atom stereocenters. The van der Waals surface area contributed by atoms with E-state index in [1.54, 1.807) is 0 Å². The number of hydrogen-bond acceptors (Lipinski definition) is 4. The quantitative estimate of drug-likeness (QED) is 0.863. The average Bonchev–Trinajstić information content (AvgIpc) is 2.82. The predicted octanol–water partition coefficient (Wildman–Crippen LogP) is 2.21. The second-order valence-corrected chi connectivity index (χ2v) is 4.85. The number of benzene rings is 1. The van der Waals surface area contributed by atoms with Gasteiger partial charge >= 0.3 is 5.76 Å². The molecule has 106 valence electrons. The molecule has 1 aromatic heterocycles. The Morgan fingerprint density at radius 3 is 2.80 bits per heavy atom. The van der Waals surface area contributed by atoms with Crippen LogP contribution in [0.4, 0.5) is 4.39 Å². The first-order valence-corrected chi connectivity index (χ1v) is 6.68. The third-order valence-corrected chi connectivity index (χ3v) is 3.35. The Hall–Kier alpha value is -1.95. The van der Waals surface area contributed by atoms with Gasteiger partial charge in [-0.15, -0.1) is 5.10 Å². The van der Waals surface area contributed by atoms with Crippen LogP contribution >= 0.6 is 0 Å². The standard InChI is InChI=1S/C14H15FN2O3/c15-11-6-4-10(5-7-11)13-16-17(14(18)20-13)9-12-3-1-2-8-19-12/h4-7,12H,1-3,8-9H2/t12-/m0/s1. The molecule has 2 heterocycles. The van der Waals surface area contributed by atoms with E-state index in [-0.39, 0.29) is 17.8 Å². The third kappa shape index (κ3) is 2.80. The normalized spacial score (nSPS) is 19.1. The Morgan fingerprint density at radius 2 is 2.10 bits per heavy atom. The minimum Gasteiger partial charge on any atom is -0.388 e. The van der Waals surface area contributed by atoms with Crippen molar-refractivity contribution in [2.45, 2.75) is 31.9 Å². The van der Waals surface area contributed by atoms with Gasteiger partial charge < -0.3 is 9.15 Å². The van der Waals surface area contributed by atoms with E-state index in [0.717, 1.165) is 25.9 Å². The van der Waals surface area contributed by atoms with Crippen molar-refractivity contribution in [2.75, 3.05) is 6.61 Å². The topological polar surface area (TPSA) is 57.3 Å². The van der Waals surface area contributed by atoms with E-state index in [1.165, 1.54) is 28.9 Å². The van der Waals surface area contributed by atoms with Crippen LogP contribution in [0.3, 0.4) is 0 Å². The van der Waals surface area contributed by atoms with E-state index in [1.807, 2.05) is 0 Å². The van der Waals surface area contributed by atoms with Gasteiger partial charge in [0.2, 0.25) is 5.89 Å². The third-order valence-electron chi connectivity index (χ3n) is 3.35. The summed E-state index contributed by atoms with van der Waals surface area (Å²) in [6.45, 7) is 1.12. The van der Waals surface area contributed by atoms with Crippen LogP contribution in [0.15, 0.2) is 33.5 Å². The average molecular weight is 278 g/mol. The highest BCUT2D eigenvalue weighted by Gasteiger charge is 2.18. The van der Waals surface area contributed by atoms with Gasteiger partial charge in [-0.25, -0.2) is 9.18 Å². The number of nitrogens with zero attached hydrogens (tertiary/aromatic N) is 2. The van der Waals surface area contributed by atoms with Crippen LogP contribution in [0, 0.1) is 5.82 Å². The molecule has 1 saturated heterocycles. The summed E-state index contributed by atoms with van der Waals surface area (Å²) in [5.74, 6) is -0.657. The van der Waals surface area contributed by atoms with E-state index in [9.17, 15) is 9.18 Å². The molecule has 0 aliphatic carbocycles. The molecule has 5 nitrogen and oxygen atoms in total. The highest BCUT2D eigenvalue weighted by Crippen LogP contribution is 2.17. The summed E-state index contributed by atoms with van der Waals surface area (Å²) in [7, 11) is 0. The van der Waals surface area contributed by atoms with Gasteiger partial charge in [-0.3, -0.25) is 0 Å². The lowest BCUT2D eigenvalue weighted by Crippen LogP contribution is -2.29. The Morgan fingerprint density at radius 1 is 1.30 bits per heavy atom. The number of ether oxygens (including phenoxy) is 1. The van der Waals surface area contributed by atoms with Gasteiger partial charge in [-0.05, 0) is 43.5 Å². The maximum atomic E-state index is 12.9. The van der Waals surface area contributed by atoms with Gasteiger partial charge in [0.05, 0.1) is 12.6 Å². The van der Waals surface area contributed by atoms with Crippen LogP contribution in [-0.4, -0.2) is 22.5 Å². The van der Waals surface area contributed by atoms with Crippen LogP contribution < -0.4 is 5.76 Å². The molecule has 1 aliphatic heterocycles. The number of hydrogen-bond donors (Lipinski definition) is 0. The maximum Gasteiger partial charge on any atom is 0.437 e. The lowest BCUT2D eigenvalue weighted by Gasteiger charge is -2.21. The second kappa shape index (κ2) is 5.58. The van der Waals surface area contributed by atoms with E-state index in [0.29, 0.717) is 12.1 Å². The molecule has 6 heteroatoms. The molecule has 0 radical (unpaired) electrons. The van der Waals surface area contributed by atoms with Crippen molar-refractivity contribution in [1.82, 2.24) is 9.78 Å². The van der Waals surface area contributed by atoms with Gasteiger partial charge in [0.25, 0.3) is 0 Å². The van der Waals surface area contributed by atoms with Crippen LogP contribution in [0.25, 0.3) is 11.5 Å². The summed E-state index contributed by atoms with van der Waals surface area (Å²) in [6.07, 6.45) is 3.09. The Labute approximate surface area is 115 Å². The Bertz CT molecular complexity index is 627. The van der Waals surface area contributed by atoms with Crippen molar-refractivity contribution in [3.63, 3.8) is 0 Å². The lowest BCUT2D eigenvalue weighted by molar-refractivity contribution is 0.00295. The van der Waals surface area contributed by atoms with Gasteiger partial charge in [-0.2, -0.15) is 4.68 Å². The molecule has 0 spiro atoms. The van der Waals surface area contributed by atoms with Crippen molar-refractivity contribution in [3.8, 4) is 11.5 Å². The monoisotopic (exact) mass is 278 g/mol. The molecule has 20 heavy (non-hydrogen) atoms. The zero-order valence-corrected chi connectivity index (χ0v) is 10.9.